The Balaban J connectivity index is 1.45. The molecule has 0 fully saturated rings. The number of carbonyl (C=O) groups excluding carboxylic acids is 2. The molecule has 2 amide bonds. The summed E-state index contributed by atoms with van der Waals surface area (Å²) in [6.45, 7) is 1.91. The molecule has 10 heteroatoms. The van der Waals surface area contributed by atoms with Crippen molar-refractivity contribution in [1.82, 2.24) is 10.7 Å². The van der Waals surface area contributed by atoms with Crippen LogP contribution >= 0.6 is 0 Å². The molecule has 0 bridgehead atoms. The second-order valence-electron chi connectivity index (χ2n) is 8.25. The standard InChI is InChI=1S/C27H30N4O5S/c1-21(31(37(2,34)35)24-11-7-4-8-12-24)27(33)30-29-19-23-13-15-25(16-14-23)36-20-26(32)28-18-17-22-9-5-3-6-10-22/h3-16,19,21H,17-18,20H2,1-2H3,(H,28,32)(H,30,33)/b29-19+. The fraction of sp³-hybridized carbons (Fsp3) is 0.222. The van der Waals surface area contributed by atoms with Crippen LogP contribution in [0.15, 0.2) is 90.0 Å². The number of hydrogen-bond donors (Lipinski definition) is 2. The summed E-state index contributed by atoms with van der Waals surface area (Å²) in [5.41, 5.74) is 4.59. The number of nitrogens with one attached hydrogen (secondary N) is 2. The molecule has 0 aromatic heterocycles. The first-order valence-electron chi connectivity index (χ1n) is 11.6. The molecule has 0 spiro atoms. The maximum absolute atomic E-state index is 12.6. The first kappa shape index (κ1) is 27.4. The summed E-state index contributed by atoms with van der Waals surface area (Å²) < 4.78 is 31.1. The van der Waals surface area contributed by atoms with Crippen LogP contribution in [0.25, 0.3) is 0 Å². The van der Waals surface area contributed by atoms with Gasteiger partial charge in [-0.05, 0) is 60.9 Å². The second kappa shape index (κ2) is 13.2. The van der Waals surface area contributed by atoms with Crippen molar-refractivity contribution in [2.45, 2.75) is 19.4 Å². The summed E-state index contributed by atoms with van der Waals surface area (Å²) >= 11 is 0. The summed E-state index contributed by atoms with van der Waals surface area (Å²) in [5.74, 6) is -0.277. The number of para-hydroxylation sites is 1. The second-order valence-corrected chi connectivity index (χ2v) is 10.1. The van der Waals surface area contributed by atoms with Gasteiger partial charge in [0.25, 0.3) is 11.8 Å². The van der Waals surface area contributed by atoms with Gasteiger partial charge in [-0.2, -0.15) is 5.10 Å². The molecule has 0 aliphatic heterocycles. The van der Waals surface area contributed by atoms with Gasteiger partial charge in [0, 0.05) is 6.54 Å². The highest BCUT2D eigenvalue weighted by Gasteiger charge is 2.28. The van der Waals surface area contributed by atoms with E-state index in [1.165, 1.54) is 13.1 Å². The van der Waals surface area contributed by atoms with Crippen molar-refractivity contribution in [3.05, 3.63) is 96.1 Å². The Morgan fingerprint density at radius 3 is 2.22 bits per heavy atom. The third-order valence-corrected chi connectivity index (χ3v) is 6.56. The van der Waals surface area contributed by atoms with E-state index in [0.29, 0.717) is 23.5 Å². The third kappa shape index (κ3) is 8.76. The van der Waals surface area contributed by atoms with E-state index in [0.717, 1.165) is 22.5 Å². The predicted molar refractivity (Wildman–Crippen MR) is 144 cm³/mol. The average molecular weight is 523 g/mol. The highest BCUT2D eigenvalue weighted by Crippen LogP contribution is 2.20. The zero-order valence-electron chi connectivity index (χ0n) is 20.7. The van der Waals surface area contributed by atoms with E-state index in [1.54, 1.807) is 54.6 Å². The number of nitrogens with zero attached hydrogens (tertiary/aromatic N) is 2. The smallest absolute Gasteiger partial charge is 0.263 e. The maximum Gasteiger partial charge on any atom is 0.263 e. The van der Waals surface area contributed by atoms with Crippen molar-refractivity contribution in [2.75, 3.05) is 23.7 Å². The van der Waals surface area contributed by atoms with Gasteiger partial charge in [-0.25, -0.2) is 13.8 Å². The zero-order chi connectivity index (χ0) is 26.7. The van der Waals surface area contributed by atoms with Gasteiger partial charge in [0.2, 0.25) is 10.0 Å². The molecule has 0 heterocycles. The number of rotatable bonds is 12. The van der Waals surface area contributed by atoms with Crippen LogP contribution in [0.3, 0.4) is 0 Å². The van der Waals surface area contributed by atoms with Gasteiger partial charge in [-0.3, -0.25) is 13.9 Å². The van der Waals surface area contributed by atoms with Crippen LogP contribution in [0.1, 0.15) is 18.1 Å². The van der Waals surface area contributed by atoms with Gasteiger partial charge in [0.05, 0.1) is 18.2 Å². The summed E-state index contributed by atoms with van der Waals surface area (Å²) in [4.78, 5) is 24.6. The first-order chi connectivity index (χ1) is 17.7. The topological polar surface area (TPSA) is 117 Å². The Kier molecular flexibility index (Phi) is 9.79. The van der Waals surface area contributed by atoms with E-state index in [-0.39, 0.29) is 12.5 Å². The van der Waals surface area contributed by atoms with E-state index in [2.05, 4.69) is 15.8 Å². The molecule has 0 saturated heterocycles. The summed E-state index contributed by atoms with van der Waals surface area (Å²) in [7, 11) is -3.70. The Morgan fingerprint density at radius 1 is 0.973 bits per heavy atom. The molecule has 37 heavy (non-hydrogen) atoms. The van der Waals surface area contributed by atoms with Gasteiger partial charge >= 0.3 is 0 Å². The number of hydrogen-bond acceptors (Lipinski definition) is 6. The lowest BCUT2D eigenvalue weighted by Gasteiger charge is -2.27. The minimum Gasteiger partial charge on any atom is -0.484 e. The van der Waals surface area contributed by atoms with Crippen molar-refractivity contribution >= 4 is 33.7 Å². The molecule has 0 aliphatic rings. The van der Waals surface area contributed by atoms with Crippen molar-refractivity contribution in [2.24, 2.45) is 5.10 Å². The molecule has 1 atom stereocenters. The lowest BCUT2D eigenvalue weighted by molar-refractivity contribution is -0.123. The van der Waals surface area contributed by atoms with Gasteiger partial charge in [0.1, 0.15) is 11.8 Å². The van der Waals surface area contributed by atoms with Crippen LogP contribution in [0.2, 0.25) is 0 Å². The van der Waals surface area contributed by atoms with Crippen molar-refractivity contribution < 1.29 is 22.7 Å². The molecule has 0 radical (unpaired) electrons. The number of anilines is 1. The Bertz CT molecular complexity index is 1300. The zero-order valence-corrected chi connectivity index (χ0v) is 21.5. The lowest BCUT2D eigenvalue weighted by Crippen LogP contribution is -2.46. The SMILES string of the molecule is CC(C(=O)N/N=C/c1ccc(OCC(=O)NCCc2ccccc2)cc1)N(c1ccccc1)S(C)(=O)=O. The largest absolute Gasteiger partial charge is 0.484 e. The molecular formula is C27H30N4O5S. The normalized spacial score (nSPS) is 12.1. The van der Waals surface area contributed by atoms with Gasteiger partial charge in [0.15, 0.2) is 6.61 Å². The predicted octanol–water partition coefficient (Wildman–Crippen LogP) is 2.73. The van der Waals surface area contributed by atoms with Crippen LogP contribution in [-0.2, 0) is 26.0 Å². The van der Waals surface area contributed by atoms with Crippen LogP contribution in [-0.4, -0.2) is 51.9 Å². The number of benzene rings is 3. The van der Waals surface area contributed by atoms with Crippen molar-refractivity contribution in [1.29, 1.82) is 0 Å². The van der Waals surface area contributed by atoms with Gasteiger partial charge in [-0.1, -0.05) is 48.5 Å². The highest BCUT2D eigenvalue weighted by molar-refractivity contribution is 7.92. The molecule has 3 aromatic carbocycles. The number of hydrazone groups is 1. The maximum atomic E-state index is 12.6. The van der Waals surface area contributed by atoms with E-state index in [9.17, 15) is 18.0 Å². The quantitative estimate of drug-likeness (QED) is 0.280. The lowest BCUT2D eigenvalue weighted by atomic mass is 10.1. The van der Waals surface area contributed by atoms with E-state index in [1.807, 2.05) is 30.3 Å². The number of amides is 2. The molecule has 3 aromatic rings. The molecular weight excluding hydrogens is 492 g/mol. The van der Waals surface area contributed by atoms with Gasteiger partial charge < -0.3 is 10.1 Å². The molecule has 9 nitrogen and oxygen atoms in total. The van der Waals surface area contributed by atoms with Crippen LogP contribution < -0.4 is 19.8 Å². The minimum atomic E-state index is -3.70. The number of sulfonamides is 1. The highest BCUT2D eigenvalue weighted by atomic mass is 32.2. The molecule has 0 aliphatic carbocycles. The fourth-order valence-corrected chi connectivity index (χ4v) is 4.66. The van der Waals surface area contributed by atoms with Crippen LogP contribution in [0.5, 0.6) is 5.75 Å². The Hall–Kier alpha value is -4.18. The fourth-order valence-electron chi connectivity index (χ4n) is 3.49. The first-order valence-corrected chi connectivity index (χ1v) is 13.5. The summed E-state index contributed by atoms with van der Waals surface area (Å²) in [5, 5.41) is 6.75. The average Bonchev–Trinajstić information content (AvgIpc) is 2.88. The van der Waals surface area contributed by atoms with Crippen molar-refractivity contribution in [3.8, 4) is 5.75 Å². The Morgan fingerprint density at radius 2 is 1.59 bits per heavy atom. The third-order valence-electron chi connectivity index (χ3n) is 5.32. The molecule has 1 unspecified atom stereocenters. The Labute approximate surface area is 217 Å². The molecule has 194 valence electrons. The summed E-state index contributed by atoms with van der Waals surface area (Å²) in [6, 6.07) is 24.1. The molecule has 0 saturated carbocycles. The number of ether oxygens (including phenoxy) is 1. The van der Waals surface area contributed by atoms with E-state index in [4.69, 9.17) is 4.74 Å². The monoisotopic (exact) mass is 522 g/mol. The van der Waals surface area contributed by atoms with E-state index >= 15 is 0 Å². The summed E-state index contributed by atoms with van der Waals surface area (Å²) in [6.07, 6.45) is 3.22. The van der Waals surface area contributed by atoms with Crippen LogP contribution in [0.4, 0.5) is 5.69 Å². The molecule has 3 rings (SSSR count). The van der Waals surface area contributed by atoms with Gasteiger partial charge in [-0.15, -0.1) is 0 Å². The molecule has 2 N–H and O–H groups in total. The van der Waals surface area contributed by atoms with Crippen molar-refractivity contribution in [3.63, 3.8) is 0 Å². The number of carbonyl (C=O) groups is 2. The minimum absolute atomic E-state index is 0.103. The van der Waals surface area contributed by atoms with E-state index < -0.39 is 22.0 Å². The van der Waals surface area contributed by atoms with Crippen LogP contribution in [0, 0.1) is 0 Å².